The highest BCUT2D eigenvalue weighted by Crippen LogP contribution is 2.28. The van der Waals surface area contributed by atoms with Crippen LogP contribution in [0.3, 0.4) is 0 Å². The Bertz CT molecular complexity index is 978. The van der Waals surface area contributed by atoms with E-state index in [-0.39, 0.29) is 24.2 Å². The van der Waals surface area contributed by atoms with Crippen LogP contribution in [-0.2, 0) is 27.3 Å². The first-order valence-corrected chi connectivity index (χ1v) is 12.9. The van der Waals surface area contributed by atoms with Crippen molar-refractivity contribution in [2.75, 3.05) is 53.5 Å². The van der Waals surface area contributed by atoms with Gasteiger partial charge in [-0.1, -0.05) is 6.07 Å². The molecule has 194 valence electrons. The fourth-order valence-corrected chi connectivity index (χ4v) is 4.57. The molecule has 1 heterocycles. The van der Waals surface area contributed by atoms with Gasteiger partial charge >= 0.3 is 0 Å². The molecule has 2 rings (SSSR count). The van der Waals surface area contributed by atoms with E-state index in [4.69, 9.17) is 25.8 Å². The zero-order chi connectivity index (χ0) is 26.0. The molecule has 0 aliphatic rings. The Balaban J connectivity index is 2.23. The smallest absolute Gasteiger partial charge is 0.242 e. The van der Waals surface area contributed by atoms with E-state index in [1.54, 1.807) is 51.4 Å². The molecule has 0 spiro atoms. The van der Waals surface area contributed by atoms with E-state index < -0.39 is 5.41 Å². The third-order valence-corrected chi connectivity index (χ3v) is 7.54. The van der Waals surface area contributed by atoms with Crippen LogP contribution in [0.15, 0.2) is 29.6 Å². The molecule has 2 amide bonds. The quantitative estimate of drug-likeness (QED) is 0.343. The van der Waals surface area contributed by atoms with Crippen molar-refractivity contribution in [1.82, 2.24) is 9.80 Å². The van der Waals surface area contributed by atoms with Gasteiger partial charge < -0.3 is 24.0 Å². The van der Waals surface area contributed by atoms with Crippen molar-refractivity contribution >= 4 is 34.8 Å². The maximum absolute atomic E-state index is 13.5. The second-order valence-electron chi connectivity index (χ2n) is 9.02. The largest absolute Gasteiger partial charge is 0.493 e. The van der Waals surface area contributed by atoms with Gasteiger partial charge in [-0.15, -0.1) is 22.9 Å². The zero-order valence-corrected chi connectivity index (χ0v) is 23.1. The molecule has 0 saturated carbocycles. The minimum absolute atomic E-state index is 0.0289. The maximum atomic E-state index is 13.5. The van der Waals surface area contributed by atoms with Gasteiger partial charge in [0.2, 0.25) is 11.8 Å². The Kier molecular flexibility index (Phi) is 11.3. The highest BCUT2D eigenvalue weighted by molar-refractivity contribution is 7.10. The summed E-state index contributed by atoms with van der Waals surface area (Å²) in [6.45, 7) is 7.24. The van der Waals surface area contributed by atoms with E-state index in [0.29, 0.717) is 44.2 Å². The Morgan fingerprint density at radius 2 is 1.74 bits per heavy atom. The lowest BCUT2D eigenvalue weighted by atomic mass is 9.94. The molecule has 0 radical (unpaired) electrons. The molecular weight excluding hydrogens is 488 g/mol. The number of carbonyl (C=O) groups excluding carboxylic acids is 2. The number of thiophene rings is 1. The number of rotatable bonds is 14. The second kappa shape index (κ2) is 13.7. The average Bonchev–Trinajstić information content (AvgIpc) is 3.27. The molecule has 35 heavy (non-hydrogen) atoms. The number of amides is 2. The van der Waals surface area contributed by atoms with Crippen LogP contribution >= 0.6 is 22.9 Å². The van der Waals surface area contributed by atoms with Crippen molar-refractivity contribution < 1.29 is 23.8 Å². The van der Waals surface area contributed by atoms with E-state index in [1.807, 2.05) is 35.4 Å². The first-order valence-electron chi connectivity index (χ1n) is 11.5. The van der Waals surface area contributed by atoms with Crippen LogP contribution in [0.2, 0.25) is 0 Å². The standard InChI is InChI=1S/C26H37ClN2O5S/c1-19-10-14-35-23(19)16-28(11-9-20-7-8-21(33-5)22(15-20)34-6)24(30)17-29(12-13-32-4)25(31)26(2,3)18-27/h7-8,10,14-15H,9,11-13,16-18H2,1-6H3. The van der Waals surface area contributed by atoms with Crippen LogP contribution in [0.5, 0.6) is 11.5 Å². The fourth-order valence-electron chi connectivity index (χ4n) is 3.53. The van der Waals surface area contributed by atoms with Crippen molar-refractivity contribution in [3.8, 4) is 11.5 Å². The molecule has 9 heteroatoms. The van der Waals surface area contributed by atoms with Gasteiger partial charge in [-0.3, -0.25) is 9.59 Å². The molecule has 0 aliphatic heterocycles. The van der Waals surface area contributed by atoms with E-state index in [1.165, 1.54) is 0 Å². The van der Waals surface area contributed by atoms with Crippen molar-refractivity contribution in [2.24, 2.45) is 5.41 Å². The van der Waals surface area contributed by atoms with Gasteiger partial charge in [0.25, 0.3) is 0 Å². The molecule has 2 aromatic rings. The number of hydrogen-bond acceptors (Lipinski definition) is 6. The average molecular weight is 525 g/mol. The van der Waals surface area contributed by atoms with Gasteiger partial charge in [-0.05, 0) is 61.9 Å². The number of halogens is 1. The lowest BCUT2D eigenvalue weighted by Crippen LogP contribution is -2.49. The third-order valence-electron chi connectivity index (χ3n) is 5.87. The number of aryl methyl sites for hydroxylation is 1. The monoisotopic (exact) mass is 524 g/mol. The lowest BCUT2D eigenvalue weighted by Gasteiger charge is -2.32. The highest BCUT2D eigenvalue weighted by atomic mass is 35.5. The van der Waals surface area contributed by atoms with Crippen molar-refractivity contribution in [1.29, 1.82) is 0 Å². The molecular formula is C26H37ClN2O5S. The number of alkyl halides is 1. The zero-order valence-electron chi connectivity index (χ0n) is 21.6. The highest BCUT2D eigenvalue weighted by Gasteiger charge is 2.33. The van der Waals surface area contributed by atoms with Gasteiger partial charge in [0.1, 0.15) is 0 Å². The summed E-state index contributed by atoms with van der Waals surface area (Å²) in [6.07, 6.45) is 0.635. The van der Waals surface area contributed by atoms with Crippen LogP contribution in [0, 0.1) is 12.3 Å². The number of benzene rings is 1. The van der Waals surface area contributed by atoms with Crippen molar-refractivity contribution in [2.45, 2.75) is 33.7 Å². The number of ether oxygens (including phenoxy) is 3. The summed E-state index contributed by atoms with van der Waals surface area (Å²) in [7, 11) is 4.78. The fraction of sp³-hybridized carbons (Fsp3) is 0.538. The van der Waals surface area contributed by atoms with Crippen LogP contribution in [-0.4, -0.2) is 75.1 Å². The molecule has 0 aliphatic carbocycles. The predicted octanol–water partition coefficient (Wildman–Crippen LogP) is 4.39. The number of carbonyl (C=O) groups is 2. The SMILES string of the molecule is COCCN(CC(=O)N(CCc1ccc(OC)c(OC)c1)Cc1sccc1C)C(=O)C(C)(C)CCl. The van der Waals surface area contributed by atoms with Crippen molar-refractivity contribution in [3.05, 3.63) is 45.6 Å². The van der Waals surface area contributed by atoms with Gasteiger partial charge in [0.05, 0.1) is 39.3 Å². The minimum atomic E-state index is -0.773. The van der Waals surface area contributed by atoms with Crippen molar-refractivity contribution in [3.63, 3.8) is 0 Å². The number of methoxy groups -OCH3 is 3. The second-order valence-corrected chi connectivity index (χ2v) is 10.3. The van der Waals surface area contributed by atoms with E-state index in [9.17, 15) is 9.59 Å². The molecule has 0 bridgehead atoms. The summed E-state index contributed by atoms with van der Waals surface area (Å²) >= 11 is 7.68. The van der Waals surface area contributed by atoms with E-state index >= 15 is 0 Å². The molecule has 0 N–H and O–H groups in total. The molecule has 1 aromatic carbocycles. The lowest BCUT2D eigenvalue weighted by molar-refractivity contribution is -0.146. The summed E-state index contributed by atoms with van der Waals surface area (Å²) in [4.78, 5) is 31.2. The van der Waals surface area contributed by atoms with Crippen LogP contribution in [0.4, 0.5) is 0 Å². The Morgan fingerprint density at radius 1 is 1.03 bits per heavy atom. The third kappa shape index (κ3) is 8.12. The Morgan fingerprint density at radius 3 is 2.31 bits per heavy atom. The normalized spacial score (nSPS) is 11.3. The molecule has 0 saturated heterocycles. The van der Waals surface area contributed by atoms with Crippen LogP contribution < -0.4 is 9.47 Å². The number of nitrogens with zero attached hydrogens (tertiary/aromatic N) is 2. The molecule has 0 atom stereocenters. The maximum Gasteiger partial charge on any atom is 0.242 e. The molecule has 7 nitrogen and oxygen atoms in total. The summed E-state index contributed by atoms with van der Waals surface area (Å²) < 4.78 is 15.9. The van der Waals surface area contributed by atoms with Gasteiger partial charge in [-0.25, -0.2) is 0 Å². The summed E-state index contributed by atoms with van der Waals surface area (Å²) in [6, 6.07) is 7.81. The summed E-state index contributed by atoms with van der Waals surface area (Å²) in [5.41, 5.74) is 1.40. The molecule has 0 unspecified atom stereocenters. The molecule has 0 fully saturated rings. The van der Waals surface area contributed by atoms with Gasteiger partial charge in [-0.2, -0.15) is 0 Å². The Hall–Kier alpha value is -2.29. The van der Waals surface area contributed by atoms with Crippen LogP contribution in [0.25, 0.3) is 0 Å². The van der Waals surface area contributed by atoms with Gasteiger partial charge in [0.15, 0.2) is 11.5 Å². The van der Waals surface area contributed by atoms with Crippen LogP contribution in [0.1, 0.15) is 29.9 Å². The first kappa shape index (κ1) is 28.9. The van der Waals surface area contributed by atoms with E-state index in [2.05, 4.69) is 6.07 Å². The first-order chi connectivity index (χ1) is 16.7. The van der Waals surface area contributed by atoms with Gasteiger partial charge in [0, 0.05) is 31.0 Å². The summed E-state index contributed by atoms with van der Waals surface area (Å²) in [5, 5.41) is 2.03. The Labute approximate surface area is 217 Å². The number of hydrogen-bond donors (Lipinski definition) is 0. The molecule has 1 aromatic heterocycles. The predicted molar refractivity (Wildman–Crippen MR) is 141 cm³/mol. The topological polar surface area (TPSA) is 68.3 Å². The minimum Gasteiger partial charge on any atom is -0.493 e. The van der Waals surface area contributed by atoms with E-state index in [0.717, 1.165) is 16.0 Å². The summed E-state index contributed by atoms with van der Waals surface area (Å²) in [5.74, 6) is 1.20.